The predicted octanol–water partition coefficient (Wildman–Crippen LogP) is -8.33. The van der Waals surface area contributed by atoms with Crippen LogP contribution in [0, 0.1) is 0 Å². The second-order valence-electron chi connectivity index (χ2n) is 5.12. The normalized spacial score (nSPS) is 20.1. The van der Waals surface area contributed by atoms with Crippen LogP contribution < -0.4 is 37.2 Å². The van der Waals surface area contributed by atoms with E-state index in [2.05, 4.69) is 15.0 Å². The molecule has 2 atom stereocenters. The fourth-order valence-corrected chi connectivity index (χ4v) is 2.34. The molecule has 0 saturated carbocycles. The van der Waals surface area contributed by atoms with Gasteiger partial charge in [0.1, 0.15) is 36.7 Å². The monoisotopic (exact) mass is 461 g/mol. The standard InChI is InChI=1S/C15H19N3O4.3ClH.V/c1-19-6-10-8-21-14(16-10)12-4-3-5-13(18-12)15-17-11(7-20-2)9-22-15;;;;/h3-5,10-11H,6-9H2,1-2H3;3*1H;/p-3. The van der Waals surface area contributed by atoms with Gasteiger partial charge in [-0.05, 0) is 12.1 Å². The summed E-state index contributed by atoms with van der Waals surface area (Å²) in [7, 11) is 3.30. The fraction of sp³-hybridized carbons (Fsp3) is 0.533. The summed E-state index contributed by atoms with van der Waals surface area (Å²) in [6.45, 7) is 2.11. The fourth-order valence-electron chi connectivity index (χ4n) is 2.34. The molecule has 0 N–H and O–H groups in total. The van der Waals surface area contributed by atoms with Crippen molar-refractivity contribution in [1.82, 2.24) is 4.98 Å². The van der Waals surface area contributed by atoms with E-state index in [0.717, 1.165) is 0 Å². The van der Waals surface area contributed by atoms with Crippen LogP contribution in [0.15, 0.2) is 28.2 Å². The molecule has 7 nitrogen and oxygen atoms in total. The number of hydrogen-bond donors (Lipinski definition) is 0. The number of nitrogens with zero attached hydrogens (tertiary/aromatic N) is 3. The Balaban J connectivity index is 0. The van der Waals surface area contributed by atoms with Crippen molar-refractivity contribution in [3.05, 3.63) is 29.6 Å². The summed E-state index contributed by atoms with van der Waals surface area (Å²) in [6.07, 6.45) is 0. The van der Waals surface area contributed by atoms with Crippen molar-refractivity contribution in [1.29, 1.82) is 0 Å². The molecule has 0 saturated heterocycles. The van der Waals surface area contributed by atoms with Crippen molar-refractivity contribution < 1.29 is 74.7 Å². The molecule has 3 rings (SSSR count). The number of aliphatic imine (C=N–C) groups is 2. The van der Waals surface area contributed by atoms with Gasteiger partial charge in [-0.1, -0.05) is 6.07 Å². The zero-order valence-electron chi connectivity index (χ0n) is 14.3. The van der Waals surface area contributed by atoms with Crippen LogP contribution in [0.4, 0.5) is 0 Å². The Morgan fingerprint density at radius 2 is 1.31 bits per heavy atom. The first-order valence-corrected chi connectivity index (χ1v) is 7.17. The molecule has 3 heterocycles. The Hall–Kier alpha value is -0.536. The number of hydrogen-bond acceptors (Lipinski definition) is 7. The van der Waals surface area contributed by atoms with Gasteiger partial charge < -0.3 is 56.2 Å². The first kappa shape index (κ1) is 27.7. The van der Waals surface area contributed by atoms with Crippen molar-refractivity contribution in [2.24, 2.45) is 9.98 Å². The van der Waals surface area contributed by atoms with Gasteiger partial charge in [0, 0.05) is 32.8 Å². The summed E-state index contributed by atoms with van der Waals surface area (Å²) < 4.78 is 21.4. The Labute approximate surface area is 183 Å². The quantitative estimate of drug-likeness (QED) is 0.420. The van der Waals surface area contributed by atoms with Crippen LogP contribution in [0.25, 0.3) is 0 Å². The molecule has 0 fully saturated rings. The van der Waals surface area contributed by atoms with Gasteiger partial charge in [-0.3, -0.25) is 0 Å². The molecule has 26 heavy (non-hydrogen) atoms. The summed E-state index contributed by atoms with van der Waals surface area (Å²) in [5, 5.41) is 0. The molecule has 2 aliphatic rings. The summed E-state index contributed by atoms with van der Waals surface area (Å²) in [5.41, 5.74) is 1.36. The van der Waals surface area contributed by atoms with Crippen molar-refractivity contribution >= 4 is 11.8 Å². The van der Waals surface area contributed by atoms with Gasteiger partial charge in [-0.2, -0.15) is 0 Å². The van der Waals surface area contributed by atoms with Gasteiger partial charge in [-0.15, -0.1) is 0 Å². The molecular formula is C15H19Cl3N3O4V-3. The second-order valence-corrected chi connectivity index (χ2v) is 5.12. The summed E-state index contributed by atoms with van der Waals surface area (Å²) in [4.78, 5) is 13.5. The van der Waals surface area contributed by atoms with Crippen LogP contribution in [0.1, 0.15) is 11.4 Å². The Bertz CT molecular complexity index is 560. The van der Waals surface area contributed by atoms with Crippen LogP contribution in [-0.4, -0.2) is 69.5 Å². The van der Waals surface area contributed by atoms with Gasteiger partial charge in [-0.25, -0.2) is 15.0 Å². The van der Waals surface area contributed by atoms with Crippen LogP contribution in [-0.2, 0) is 37.5 Å². The van der Waals surface area contributed by atoms with Crippen LogP contribution in [0.3, 0.4) is 0 Å². The van der Waals surface area contributed by atoms with E-state index in [1.54, 1.807) is 14.2 Å². The number of methoxy groups -OCH3 is 2. The largest absolute Gasteiger partial charge is 1.00 e. The third-order valence-electron chi connectivity index (χ3n) is 3.33. The molecule has 0 aliphatic carbocycles. The third kappa shape index (κ3) is 6.89. The molecule has 11 heteroatoms. The topological polar surface area (TPSA) is 74.5 Å². The summed E-state index contributed by atoms with van der Waals surface area (Å²) >= 11 is 0. The number of halogens is 3. The number of ether oxygens (including phenoxy) is 4. The average Bonchev–Trinajstić information content (AvgIpc) is 3.18. The van der Waals surface area contributed by atoms with E-state index in [1.807, 2.05) is 18.2 Å². The van der Waals surface area contributed by atoms with Crippen molar-refractivity contribution in [3.8, 4) is 0 Å². The number of rotatable bonds is 6. The molecule has 1 aromatic rings. The minimum Gasteiger partial charge on any atom is -1.00 e. The van der Waals surface area contributed by atoms with Gasteiger partial charge in [0.2, 0.25) is 11.8 Å². The molecule has 147 valence electrons. The van der Waals surface area contributed by atoms with Crippen molar-refractivity contribution in [2.45, 2.75) is 12.1 Å². The maximum atomic E-state index is 5.59. The van der Waals surface area contributed by atoms with Crippen molar-refractivity contribution in [2.75, 3.05) is 40.6 Å². The predicted molar refractivity (Wildman–Crippen MR) is 80.5 cm³/mol. The van der Waals surface area contributed by atoms with E-state index in [0.29, 0.717) is 49.6 Å². The average molecular weight is 463 g/mol. The molecule has 1 radical (unpaired) electrons. The van der Waals surface area contributed by atoms with E-state index in [1.165, 1.54) is 0 Å². The van der Waals surface area contributed by atoms with Gasteiger partial charge in [0.15, 0.2) is 0 Å². The zero-order valence-corrected chi connectivity index (χ0v) is 17.9. The second kappa shape index (κ2) is 13.6. The molecule has 2 unspecified atom stereocenters. The van der Waals surface area contributed by atoms with Crippen molar-refractivity contribution in [3.63, 3.8) is 0 Å². The maximum absolute atomic E-state index is 5.59. The summed E-state index contributed by atoms with van der Waals surface area (Å²) in [5.74, 6) is 1.08. The molecular weight excluding hydrogens is 443 g/mol. The Morgan fingerprint density at radius 3 is 1.69 bits per heavy atom. The van der Waals surface area contributed by atoms with E-state index in [-0.39, 0.29) is 67.9 Å². The van der Waals surface area contributed by atoms with Crippen LogP contribution >= 0.6 is 0 Å². The maximum Gasteiger partial charge on any atom is 0.235 e. The van der Waals surface area contributed by atoms with Crippen LogP contribution in [0.5, 0.6) is 0 Å². The molecule has 0 spiro atoms. The van der Waals surface area contributed by atoms with Gasteiger partial charge in [0.25, 0.3) is 0 Å². The Morgan fingerprint density at radius 1 is 0.885 bits per heavy atom. The zero-order chi connectivity index (χ0) is 15.4. The Kier molecular flexibility index (Phi) is 14.5. The van der Waals surface area contributed by atoms with E-state index < -0.39 is 0 Å². The number of pyridine rings is 1. The van der Waals surface area contributed by atoms with Crippen LogP contribution in [0.2, 0.25) is 0 Å². The molecule has 1 aromatic heterocycles. The smallest absolute Gasteiger partial charge is 0.235 e. The minimum absolute atomic E-state index is 0. The third-order valence-corrected chi connectivity index (χ3v) is 3.33. The molecule has 0 bridgehead atoms. The van der Waals surface area contributed by atoms with Gasteiger partial charge >= 0.3 is 0 Å². The minimum atomic E-state index is 0. The summed E-state index contributed by atoms with van der Waals surface area (Å²) in [6, 6.07) is 5.66. The molecule has 0 aromatic carbocycles. The first-order valence-electron chi connectivity index (χ1n) is 7.17. The first-order chi connectivity index (χ1) is 10.8. The molecule has 0 amide bonds. The molecule has 2 aliphatic heterocycles. The van der Waals surface area contributed by atoms with E-state index in [9.17, 15) is 0 Å². The SMILES string of the molecule is COCC1COC(c2cccc(C3=NC(COC)CO3)n2)=N1.[Cl-].[Cl-].[Cl-].[V]. The van der Waals surface area contributed by atoms with E-state index in [4.69, 9.17) is 18.9 Å². The van der Waals surface area contributed by atoms with Gasteiger partial charge in [0.05, 0.1) is 13.2 Å². The van der Waals surface area contributed by atoms with E-state index >= 15 is 0 Å². The number of aromatic nitrogens is 1.